The molecule has 0 bridgehead atoms. The predicted molar refractivity (Wildman–Crippen MR) is 387 cm³/mol. The third-order valence-electron chi connectivity index (χ3n) is 12.5. The number of carbonyl (C=O) groups is 4. The lowest BCUT2D eigenvalue weighted by molar-refractivity contribution is -0.386. The molecule has 0 aliphatic carbocycles. The molecule has 0 saturated heterocycles. The van der Waals surface area contributed by atoms with Gasteiger partial charge in [0.05, 0.1) is 76.0 Å². The molecule has 0 unspecified atom stereocenters. The summed E-state index contributed by atoms with van der Waals surface area (Å²) in [6, 6.07) is 26.1. The van der Waals surface area contributed by atoms with Gasteiger partial charge in [0.1, 0.15) is 56.6 Å². The molecule has 0 aromatic heterocycles. The van der Waals surface area contributed by atoms with Crippen molar-refractivity contribution in [3.05, 3.63) is 174 Å². The Labute approximate surface area is 603 Å². The van der Waals surface area contributed by atoms with Crippen LogP contribution in [0, 0.1) is 42.7 Å². The van der Waals surface area contributed by atoms with Crippen molar-refractivity contribution in [3.8, 4) is 18.1 Å². The maximum absolute atomic E-state index is 13.1. The summed E-state index contributed by atoms with van der Waals surface area (Å²) in [6.45, 7) is 5.83. The van der Waals surface area contributed by atoms with Crippen LogP contribution in [0.15, 0.2) is 164 Å². The van der Waals surface area contributed by atoms with Crippen LogP contribution < -0.4 is 25.8 Å². The van der Waals surface area contributed by atoms with Crippen LogP contribution in [-0.4, -0.2) is 196 Å². The Bertz CT molecular complexity index is 4750. The van der Waals surface area contributed by atoms with Crippen molar-refractivity contribution in [1.29, 1.82) is 0 Å². The zero-order valence-corrected chi connectivity index (χ0v) is 61.6. The average Bonchev–Trinajstić information content (AvgIpc) is 0.802. The molecule has 0 heterocycles. The van der Waals surface area contributed by atoms with Crippen molar-refractivity contribution in [2.45, 2.75) is 49.1 Å². The standard InChI is InChI=1S/C21H27N3O4S2.C14H18N4O6S.C14H15N3O7S.C14H13N3O6S/c1-5-6-12-22-18-13-16(21(25)28-4)14-19(30(26,27)23-15-24(2)3)20(18)29-17-10-8-7-9-11-17;1-5-6-15-13-11(18(20)21)7-10(14(19)24-4)8-12(13)25(22,23)16-9-17(2)3;1-5-6-24-13-11(17(19)20)7-10(14(18)23-4)8-12(13)25(21,22)15-9-16(2)3;1-23-14(18)9-7-11(17(19)20)13(12(8-9)24(15,21)22)16-10-5-3-2-4-6-10/h7-11,13-15,22H,5-6,12H2,1-4H3;5,7-9,15H,1,6H2,2-4H3;1,7-9H,6H2,2-4H3;2-8,16H,1H3,(H2,15,21,22). The summed E-state index contributed by atoms with van der Waals surface area (Å²) in [7, 11) is -3.14. The number of nitro benzene ring substituents is 3. The number of nitrogens with one attached hydrogen (secondary N) is 3. The molecule has 36 nitrogen and oxygen atoms in total. The van der Waals surface area contributed by atoms with Gasteiger partial charge in [-0.1, -0.05) is 73.5 Å². The first kappa shape index (κ1) is 86.6. The number of hydrogen-bond donors (Lipinski definition) is 4. The van der Waals surface area contributed by atoms with E-state index in [9.17, 15) is 83.2 Å². The Balaban J connectivity index is 0.000000362. The van der Waals surface area contributed by atoms with E-state index in [1.165, 1.54) is 66.1 Å². The molecule has 6 aromatic rings. The van der Waals surface area contributed by atoms with E-state index in [1.807, 2.05) is 30.3 Å². The van der Waals surface area contributed by atoms with E-state index in [0.717, 1.165) is 88.1 Å². The van der Waals surface area contributed by atoms with Gasteiger partial charge in [-0.3, -0.25) is 30.3 Å². The number of carbonyl (C=O) groups excluding carboxylic acids is 4. The molecule has 0 saturated carbocycles. The molecule has 0 aliphatic rings. The molecule has 0 atom stereocenters. The zero-order chi connectivity index (χ0) is 78.5. The van der Waals surface area contributed by atoms with Crippen LogP contribution in [0.3, 0.4) is 0 Å². The molecule has 6 aromatic carbocycles. The number of anilines is 4. The molecule has 5 N–H and O–H groups in total. The van der Waals surface area contributed by atoms with Crippen LogP contribution in [0.2, 0.25) is 0 Å². The van der Waals surface area contributed by atoms with Gasteiger partial charge in [0.25, 0.3) is 41.4 Å². The highest BCUT2D eigenvalue weighted by molar-refractivity contribution is 8.00. The Morgan fingerprint density at radius 2 is 0.971 bits per heavy atom. The number of terminal acetylenes is 1. The molecule has 0 spiro atoms. The van der Waals surface area contributed by atoms with E-state index in [-0.39, 0.29) is 45.1 Å². The van der Waals surface area contributed by atoms with Gasteiger partial charge >= 0.3 is 29.6 Å². The fraction of sp³-hybridized carbons (Fsp3) is 0.254. The number of para-hydroxylation sites is 1. The van der Waals surface area contributed by atoms with Crippen molar-refractivity contribution in [3.63, 3.8) is 0 Å². The topological polar surface area (TPSA) is 489 Å². The number of hydrogen-bond acceptors (Lipinski definition) is 27. The first-order valence-electron chi connectivity index (χ1n) is 29.4. The van der Waals surface area contributed by atoms with Crippen LogP contribution in [0.4, 0.5) is 39.8 Å². The van der Waals surface area contributed by atoms with Crippen LogP contribution >= 0.6 is 11.8 Å². The fourth-order valence-electron chi connectivity index (χ4n) is 7.85. The number of ether oxygens (including phenoxy) is 5. The van der Waals surface area contributed by atoms with Crippen molar-refractivity contribution >= 4 is 135 Å². The van der Waals surface area contributed by atoms with E-state index in [2.05, 4.69) is 62.8 Å². The maximum atomic E-state index is 13.1. The predicted octanol–water partition coefficient (Wildman–Crippen LogP) is 7.82. The number of methoxy groups -OCH3 is 4. The number of rotatable bonds is 30. The zero-order valence-electron chi connectivity index (χ0n) is 57.6. The van der Waals surface area contributed by atoms with Crippen molar-refractivity contribution < 1.29 is 91.3 Å². The van der Waals surface area contributed by atoms with Gasteiger partial charge < -0.3 is 54.3 Å². The average molecular weight is 1540 g/mol. The maximum Gasteiger partial charge on any atom is 0.338 e. The number of unbranched alkanes of at least 4 members (excludes halogenated alkanes) is 1. The number of sulfonamides is 4. The van der Waals surface area contributed by atoms with E-state index in [1.54, 1.807) is 64.6 Å². The smallest absolute Gasteiger partial charge is 0.338 e. The van der Waals surface area contributed by atoms with Crippen LogP contribution in [0.5, 0.6) is 5.75 Å². The highest BCUT2D eigenvalue weighted by atomic mass is 32.2. The molecule has 104 heavy (non-hydrogen) atoms. The minimum absolute atomic E-state index is 0.0450. The summed E-state index contributed by atoms with van der Waals surface area (Å²) in [6.07, 6.45) is 11.6. The minimum Gasteiger partial charge on any atom is -0.473 e. The molecule has 0 radical (unpaired) electrons. The summed E-state index contributed by atoms with van der Waals surface area (Å²) < 4.78 is 134. The molecule has 0 fully saturated rings. The number of esters is 4. The lowest BCUT2D eigenvalue weighted by atomic mass is 10.1. The van der Waals surface area contributed by atoms with Crippen LogP contribution in [0.1, 0.15) is 61.2 Å². The molecular weight excluding hydrogens is 1470 g/mol. The summed E-state index contributed by atoms with van der Waals surface area (Å²) >= 11 is 1.31. The van der Waals surface area contributed by atoms with Crippen LogP contribution in [0.25, 0.3) is 0 Å². The lowest BCUT2D eigenvalue weighted by Crippen LogP contribution is -2.17. The largest absolute Gasteiger partial charge is 0.473 e. The van der Waals surface area contributed by atoms with Gasteiger partial charge in [-0.2, -0.15) is 25.3 Å². The Morgan fingerprint density at radius 3 is 1.38 bits per heavy atom. The molecular formula is C63H73N13O23S5. The number of benzene rings is 6. The number of nitrogens with zero attached hydrogens (tertiary/aromatic N) is 9. The second kappa shape index (κ2) is 40.2. The van der Waals surface area contributed by atoms with E-state index >= 15 is 0 Å². The first-order chi connectivity index (χ1) is 48.8. The normalized spacial score (nSPS) is 11.1. The van der Waals surface area contributed by atoms with E-state index in [4.69, 9.17) is 21.0 Å². The molecule has 41 heteroatoms. The van der Waals surface area contributed by atoms with Crippen molar-refractivity contribution in [2.24, 2.45) is 18.3 Å². The minimum atomic E-state index is -4.41. The quantitative estimate of drug-likeness (QED) is 0.00384. The number of nitrogens with two attached hydrogens (primary N) is 1. The summed E-state index contributed by atoms with van der Waals surface area (Å²) in [5.41, 5.74) is -2.40. The highest BCUT2D eigenvalue weighted by Crippen LogP contribution is 2.42. The fourth-order valence-corrected chi connectivity index (χ4v) is 13.2. The van der Waals surface area contributed by atoms with Gasteiger partial charge in [-0.25, -0.2) is 32.7 Å². The highest BCUT2D eigenvalue weighted by Gasteiger charge is 2.33. The molecule has 0 amide bonds. The monoisotopic (exact) mass is 1540 g/mol. The third-order valence-corrected chi connectivity index (χ3v) is 18.4. The van der Waals surface area contributed by atoms with Gasteiger partial charge in [0.15, 0.2) is 0 Å². The third kappa shape index (κ3) is 25.8. The Kier molecular flexibility index (Phi) is 33.5. The summed E-state index contributed by atoms with van der Waals surface area (Å²) in [4.78, 5) is 82.5. The molecule has 6 rings (SSSR count). The number of primary sulfonamides is 1. The Hall–Kier alpha value is -11.6. The lowest BCUT2D eigenvalue weighted by Gasteiger charge is -2.17. The van der Waals surface area contributed by atoms with Gasteiger partial charge in [0.2, 0.25) is 15.8 Å². The SMILES string of the molecule is C#CCOc1c([N+](=O)[O-])cc(C(=O)OC)cc1S(=O)(=O)N=CN(C)C.C=CCNc1c([N+](=O)[O-])cc(C(=O)OC)cc1S(=O)(=O)N=CN(C)C.CCCCNc1cc(C(=O)OC)cc(S(=O)(=O)N=CN(C)C)c1Sc1ccccc1.COC(=O)c1cc([N+](=O)[O-])c(Nc2ccccc2)c(S(N)(=O)=O)c1. The summed E-state index contributed by atoms with van der Waals surface area (Å²) in [5.74, 6) is -1.93. The van der Waals surface area contributed by atoms with Crippen molar-refractivity contribution in [2.75, 3.05) is 106 Å². The van der Waals surface area contributed by atoms with E-state index in [0.29, 0.717) is 22.8 Å². The number of nitro groups is 3. The van der Waals surface area contributed by atoms with E-state index < -0.39 is 123 Å². The van der Waals surface area contributed by atoms with Crippen molar-refractivity contribution in [1.82, 2.24) is 14.7 Å². The second-order valence-corrected chi connectivity index (χ2v) is 28.4. The Morgan fingerprint density at radius 1 is 0.577 bits per heavy atom. The second-order valence-electron chi connectivity index (χ2n) is 21.0. The summed E-state index contributed by atoms with van der Waals surface area (Å²) in [5, 5.41) is 47.6. The molecule has 558 valence electrons. The first-order valence-corrected chi connectivity index (χ1v) is 36.1. The van der Waals surface area contributed by atoms with Gasteiger partial charge in [-0.15, -0.1) is 26.2 Å². The van der Waals surface area contributed by atoms with Crippen LogP contribution in [-0.2, 0) is 59.0 Å². The van der Waals surface area contributed by atoms with Gasteiger partial charge in [-0.05, 0) is 61.0 Å². The molecule has 0 aliphatic heterocycles. The van der Waals surface area contributed by atoms with Gasteiger partial charge in [0, 0.05) is 84.2 Å².